The average Bonchev–Trinajstić information content (AvgIpc) is 2.51. The van der Waals surface area contributed by atoms with Crippen molar-refractivity contribution in [3.63, 3.8) is 0 Å². The lowest BCUT2D eigenvalue weighted by atomic mass is 9.59. The molecule has 1 aliphatic rings. The van der Waals surface area contributed by atoms with E-state index in [-0.39, 0.29) is 0 Å². The van der Waals surface area contributed by atoms with Gasteiger partial charge < -0.3 is 5.32 Å². The fourth-order valence-corrected chi connectivity index (χ4v) is 3.82. The fourth-order valence-electron chi connectivity index (χ4n) is 3.82. The van der Waals surface area contributed by atoms with E-state index >= 15 is 0 Å². The minimum absolute atomic E-state index is 0.352. The van der Waals surface area contributed by atoms with E-state index in [1.165, 1.54) is 36.8 Å². The molecule has 2 aromatic carbocycles. The molecule has 1 heteroatoms. The van der Waals surface area contributed by atoms with Gasteiger partial charge in [0.1, 0.15) is 0 Å². The van der Waals surface area contributed by atoms with Crippen LogP contribution in [0.3, 0.4) is 0 Å². The maximum absolute atomic E-state index is 3.61. The Hall–Kier alpha value is -1.60. The Labute approximate surface area is 128 Å². The summed E-state index contributed by atoms with van der Waals surface area (Å²) in [6, 6.07) is 22.5. The number of aryl methyl sites for hydroxylation is 1. The molecule has 0 saturated heterocycles. The average molecular weight is 279 g/mol. The molecule has 1 saturated carbocycles. The first-order valence-corrected chi connectivity index (χ1v) is 8.12. The molecule has 1 nitrogen and oxygen atoms in total. The third kappa shape index (κ3) is 2.89. The summed E-state index contributed by atoms with van der Waals surface area (Å²) in [7, 11) is 2.12. The number of rotatable bonds is 6. The van der Waals surface area contributed by atoms with Gasteiger partial charge in [-0.3, -0.25) is 0 Å². The Morgan fingerprint density at radius 3 is 2.10 bits per heavy atom. The van der Waals surface area contributed by atoms with Crippen LogP contribution in [0.4, 0.5) is 0 Å². The SMILES string of the molecule is CNC(CCc1ccccc1)C1(c2ccccc2)CCC1. The summed E-state index contributed by atoms with van der Waals surface area (Å²) < 4.78 is 0. The predicted octanol–water partition coefficient (Wildman–Crippen LogP) is 4.33. The lowest BCUT2D eigenvalue weighted by Crippen LogP contribution is -2.51. The van der Waals surface area contributed by atoms with Gasteiger partial charge >= 0.3 is 0 Å². The van der Waals surface area contributed by atoms with E-state index < -0.39 is 0 Å². The van der Waals surface area contributed by atoms with Gasteiger partial charge in [0.05, 0.1) is 0 Å². The zero-order valence-electron chi connectivity index (χ0n) is 12.9. The molecule has 1 fully saturated rings. The summed E-state index contributed by atoms with van der Waals surface area (Å²) in [6.45, 7) is 0. The van der Waals surface area contributed by atoms with Gasteiger partial charge in [-0.15, -0.1) is 0 Å². The highest BCUT2D eigenvalue weighted by Crippen LogP contribution is 2.47. The van der Waals surface area contributed by atoms with Crippen LogP contribution < -0.4 is 5.32 Å². The molecular formula is C20H25N. The van der Waals surface area contributed by atoms with Gasteiger partial charge in [-0.05, 0) is 43.9 Å². The van der Waals surface area contributed by atoms with Crippen LogP contribution in [-0.4, -0.2) is 13.1 Å². The molecule has 110 valence electrons. The third-order valence-corrected chi connectivity index (χ3v) is 5.17. The summed E-state index contributed by atoms with van der Waals surface area (Å²) in [4.78, 5) is 0. The first-order valence-electron chi connectivity index (χ1n) is 8.12. The Balaban J connectivity index is 1.75. The standard InChI is InChI=1S/C20H25N/c1-21-19(14-13-17-9-4-2-5-10-17)20(15-8-16-20)18-11-6-3-7-12-18/h2-7,9-12,19,21H,8,13-16H2,1H3. The van der Waals surface area contributed by atoms with Crippen molar-refractivity contribution >= 4 is 0 Å². The van der Waals surface area contributed by atoms with Crippen molar-refractivity contribution in [1.29, 1.82) is 0 Å². The molecule has 21 heavy (non-hydrogen) atoms. The molecule has 1 atom stereocenters. The molecule has 0 aromatic heterocycles. The van der Waals surface area contributed by atoms with Crippen LogP contribution in [-0.2, 0) is 11.8 Å². The highest BCUT2D eigenvalue weighted by molar-refractivity contribution is 5.31. The fraction of sp³-hybridized carbons (Fsp3) is 0.400. The maximum Gasteiger partial charge on any atom is 0.0164 e. The molecule has 1 aliphatic carbocycles. The van der Waals surface area contributed by atoms with Crippen LogP contribution in [0, 0.1) is 0 Å². The Morgan fingerprint density at radius 2 is 1.57 bits per heavy atom. The van der Waals surface area contributed by atoms with Gasteiger partial charge in [0.25, 0.3) is 0 Å². The van der Waals surface area contributed by atoms with Crippen molar-refractivity contribution in [3.05, 3.63) is 71.8 Å². The molecule has 3 rings (SSSR count). The summed E-state index contributed by atoms with van der Waals surface area (Å²) in [5.41, 5.74) is 3.31. The molecule has 1 N–H and O–H groups in total. The van der Waals surface area contributed by atoms with Crippen LogP contribution in [0.2, 0.25) is 0 Å². The van der Waals surface area contributed by atoms with Crippen LogP contribution in [0.15, 0.2) is 60.7 Å². The molecule has 0 bridgehead atoms. The summed E-state index contributed by atoms with van der Waals surface area (Å²) in [6.07, 6.45) is 6.35. The van der Waals surface area contributed by atoms with Crippen molar-refractivity contribution in [3.8, 4) is 0 Å². The Morgan fingerprint density at radius 1 is 0.952 bits per heavy atom. The van der Waals surface area contributed by atoms with Crippen molar-refractivity contribution in [2.24, 2.45) is 0 Å². The molecule has 0 heterocycles. The molecule has 0 amide bonds. The number of likely N-dealkylation sites (N-methyl/N-ethyl adjacent to an activating group) is 1. The maximum atomic E-state index is 3.61. The third-order valence-electron chi connectivity index (χ3n) is 5.17. The summed E-state index contributed by atoms with van der Waals surface area (Å²) in [5, 5.41) is 3.61. The predicted molar refractivity (Wildman–Crippen MR) is 89.6 cm³/mol. The highest BCUT2D eigenvalue weighted by atomic mass is 14.9. The molecule has 0 radical (unpaired) electrons. The Kier molecular flexibility index (Phi) is 4.40. The van der Waals surface area contributed by atoms with Gasteiger partial charge in [0.2, 0.25) is 0 Å². The van der Waals surface area contributed by atoms with Gasteiger partial charge in [0, 0.05) is 11.5 Å². The van der Waals surface area contributed by atoms with E-state index in [4.69, 9.17) is 0 Å². The minimum atomic E-state index is 0.352. The van der Waals surface area contributed by atoms with E-state index in [0.29, 0.717) is 11.5 Å². The molecular weight excluding hydrogens is 254 g/mol. The molecule has 1 unspecified atom stereocenters. The zero-order chi connectivity index (χ0) is 14.5. The minimum Gasteiger partial charge on any atom is -0.316 e. The number of benzene rings is 2. The monoisotopic (exact) mass is 279 g/mol. The van der Waals surface area contributed by atoms with Crippen LogP contribution in [0.25, 0.3) is 0 Å². The van der Waals surface area contributed by atoms with Gasteiger partial charge in [-0.2, -0.15) is 0 Å². The highest BCUT2D eigenvalue weighted by Gasteiger charge is 2.44. The van der Waals surface area contributed by atoms with Crippen molar-refractivity contribution in [2.75, 3.05) is 7.05 Å². The first-order chi connectivity index (χ1) is 10.3. The van der Waals surface area contributed by atoms with Gasteiger partial charge in [0.15, 0.2) is 0 Å². The largest absolute Gasteiger partial charge is 0.316 e. The molecule has 0 spiro atoms. The number of hydrogen-bond donors (Lipinski definition) is 1. The van der Waals surface area contributed by atoms with E-state index in [1.807, 2.05) is 0 Å². The lowest BCUT2D eigenvalue weighted by molar-refractivity contribution is 0.168. The van der Waals surface area contributed by atoms with E-state index in [2.05, 4.69) is 73.0 Å². The summed E-state index contributed by atoms with van der Waals surface area (Å²) in [5.74, 6) is 0. The zero-order valence-corrected chi connectivity index (χ0v) is 12.9. The first kappa shape index (κ1) is 14.3. The Bertz CT molecular complexity index is 543. The second-order valence-electron chi connectivity index (χ2n) is 6.24. The van der Waals surface area contributed by atoms with Crippen molar-refractivity contribution in [2.45, 2.75) is 43.6 Å². The van der Waals surface area contributed by atoms with Crippen LogP contribution in [0.5, 0.6) is 0 Å². The smallest absolute Gasteiger partial charge is 0.0164 e. The number of hydrogen-bond acceptors (Lipinski definition) is 1. The normalized spacial score (nSPS) is 18.0. The van der Waals surface area contributed by atoms with Crippen LogP contribution in [0.1, 0.15) is 36.8 Å². The topological polar surface area (TPSA) is 12.0 Å². The second-order valence-corrected chi connectivity index (χ2v) is 6.24. The molecule has 2 aromatic rings. The van der Waals surface area contributed by atoms with Gasteiger partial charge in [-0.1, -0.05) is 67.1 Å². The molecule has 0 aliphatic heterocycles. The lowest BCUT2D eigenvalue weighted by Gasteiger charge is -2.48. The number of nitrogens with one attached hydrogen (secondary N) is 1. The summed E-state index contributed by atoms with van der Waals surface area (Å²) >= 11 is 0. The van der Waals surface area contributed by atoms with Crippen molar-refractivity contribution < 1.29 is 0 Å². The van der Waals surface area contributed by atoms with E-state index in [0.717, 1.165) is 6.42 Å². The van der Waals surface area contributed by atoms with Crippen molar-refractivity contribution in [1.82, 2.24) is 5.32 Å². The van der Waals surface area contributed by atoms with E-state index in [1.54, 1.807) is 0 Å². The quantitative estimate of drug-likeness (QED) is 0.830. The van der Waals surface area contributed by atoms with Crippen LogP contribution >= 0.6 is 0 Å². The van der Waals surface area contributed by atoms with Gasteiger partial charge in [-0.25, -0.2) is 0 Å². The van der Waals surface area contributed by atoms with E-state index in [9.17, 15) is 0 Å². The second kappa shape index (κ2) is 6.44.